The van der Waals surface area contributed by atoms with E-state index in [2.05, 4.69) is 12.2 Å². The molecule has 2 heteroatoms. The fourth-order valence-electron chi connectivity index (χ4n) is 2.64. The number of nitrogens with one attached hydrogen (secondary N) is 1. The van der Waals surface area contributed by atoms with Crippen molar-refractivity contribution in [3.63, 3.8) is 0 Å². The van der Waals surface area contributed by atoms with Crippen LogP contribution in [0, 0.1) is 11.3 Å². The van der Waals surface area contributed by atoms with Gasteiger partial charge in [-0.25, -0.2) is 0 Å². The van der Waals surface area contributed by atoms with Crippen LogP contribution >= 0.6 is 0 Å². The van der Waals surface area contributed by atoms with Gasteiger partial charge in [-0.2, -0.15) is 0 Å². The van der Waals surface area contributed by atoms with Crippen LogP contribution in [-0.4, -0.2) is 18.9 Å². The molecule has 2 atom stereocenters. The summed E-state index contributed by atoms with van der Waals surface area (Å²) in [6.07, 6.45) is 4.21. The highest BCUT2D eigenvalue weighted by atomic mass is 16.1. The molecule has 2 aliphatic rings. The maximum Gasteiger partial charge on any atom is 0.140 e. The van der Waals surface area contributed by atoms with E-state index in [0.717, 1.165) is 32.4 Å². The van der Waals surface area contributed by atoms with E-state index in [0.29, 0.717) is 11.7 Å². The molecule has 0 amide bonds. The minimum Gasteiger partial charge on any atom is -0.315 e. The number of ketones is 1. The normalized spacial score (nSPS) is 38.9. The Morgan fingerprint density at radius 2 is 2.50 bits per heavy atom. The molecule has 2 nitrogen and oxygen atoms in total. The van der Waals surface area contributed by atoms with Crippen LogP contribution in [0.25, 0.3) is 0 Å². The van der Waals surface area contributed by atoms with Crippen molar-refractivity contribution in [3.8, 4) is 0 Å². The van der Waals surface area contributed by atoms with Gasteiger partial charge < -0.3 is 5.32 Å². The second kappa shape index (κ2) is 2.84. The van der Waals surface area contributed by atoms with Gasteiger partial charge in [0, 0.05) is 18.4 Å². The van der Waals surface area contributed by atoms with Crippen molar-refractivity contribution in [2.45, 2.75) is 32.6 Å². The SMILES string of the molecule is CCCC(=O)C12CCC1CNC2. The average Bonchev–Trinajstić information content (AvgIpc) is 2.29. The Hall–Kier alpha value is -0.370. The van der Waals surface area contributed by atoms with Crippen molar-refractivity contribution in [2.75, 3.05) is 13.1 Å². The van der Waals surface area contributed by atoms with E-state index < -0.39 is 0 Å². The second-order valence-corrected chi connectivity index (χ2v) is 4.20. The van der Waals surface area contributed by atoms with Crippen LogP contribution in [0.15, 0.2) is 0 Å². The van der Waals surface area contributed by atoms with E-state index in [4.69, 9.17) is 0 Å². The first kappa shape index (κ1) is 8.24. The summed E-state index contributed by atoms with van der Waals surface area (Å²) in [5.41, 5.74) is 0.0933. The number of Topliss-reactive ketones (excluding diaryl/α,β-unsaturated/α-hetero) is 1. The van der Waals surface area contributed by atoms with Crippen molar-refractivity contribution in [3.05, 3.63) is 0 Å². The quantitative estimate of drug-likeness (QED) is 0.687. The van der Waals surface area contributed by atoms with Crippen LogP contribution in [0.2, 0.25) is 0 Å². The molecule has 68 valence electrons. The lowest BCUT2D eigenvalue weighted by Crippen LogP contribution is -2.46. The van der Waals surface area contributed by atoms with Gasteiger partial charge in [0.15, 0.2) is 0 Å². The van der Waals surface area contributed by atoms with Crippen molar-refractivity contribution in [1.82, 2.24) is 5.32 Å². The number of hydrogen-bond acceptors (Lipinski definition) is 2. The molecule has 0 spiro atoms. The van der Waals surface area contributed by atoms with Gasteiger partial charge in [0.05, 0.1) is 0 Å². The van der Waals surface area contributed by atoms with E-state index in [-0.39, 0.29) is 5.41 Å². The molecule has 1 aliphatic heterocycles. The lowest BCUT2D eigenvalue weighted by molar-refractivity contribution is -0.135. The van der Waals surface area contributed by atoms with Crippen LogP contribution in [-0.2, 0) is 4.79 Å². The highest BCUT2D eigenvalue weighted by Gasteiger charge is 2.53. The van der Waals surface area contributed by atoms with Crippen molar-refractivity contribution in [2.24, 2.45) is 11.3 Å². The molecule has 0 aromatic carbocycles. The minimum absolute atomic E-state index is 0.0933. The topological polar surface area (TPSA) is 29.1 Å². The Morgan fingerprint density at radius 3 is 3.00 bits per heavy atom. The number of carbonyl (C=O) groups excluding carboxylic acids is 1. The first-order valence-corrected chi connectivity index (χ1v) is 5.03. The molecular formula is C10H17NO. The monoisotopic (exact) mass is 167 g/mol. The Balaban J connectivity index is 2.05. The maximum absolute atomic E-state index is 11.8. The van der Waals surface area contributed by atoms with Crippen LogP contribution in [0.1, 0.15) is 32.6 Å². The molecule has 1 saturated carbocycles. The third kappa shape index (κ3) is 0.939. The summed E-state index contributed by atoms with van der Waals surface area (Å²) in [7, 11) is 0. The van der Waals surface area contributed by atoms with E-state index in [9.17, 15) is 4.79 Å². The lowest BCUT2D eigenvalue weighted by Gasteiger charge is -2.42. The molecule has 1 N–H and O–H groups in total. The van der Waals surface area contributed by atoms with Gasteiger partial charge in [0.1, 0.15) is 5.78 Å². The molecule has 12 heavy (non-hydrogen) atoms. The van der Waals surface area contributed by atoms with E-state index in [1.165, 1.54) is 6.42 Å². The Labute approximate surface area is 73.7 Å². The van der Waals surface area contributed by atoms with E-state index in [1.54, 1.807) is 0 Å². The zero-order valence-corrected chi connectivity index (χ0v) is 7.73. The molecule has 2 fully saturated rings. The van der Waals surface area contributed by atoms with Gasteiger partial charge in [-0.1, -0.05) is 6.92 Å². The Morgan fingerprint density at radius 1 is 1.67 bits per heavy atom. The standard InChI is InChI=1S/C10H17NO/c1-2-3-9(12)10-5-4-8(10)6-11-7-10/h8,11H,2-7H2,1H3. The zero-order chi connectivity index (χ0) is 8.60. The van der Waals surface area contributed by atoms with Crippen LogP contribution in [0.5, 0.6) is 0 Å². The third-order valence-electron chi connectivity index (χ3n) is 3.58. The molecule has 0 radical (unpaired) electrons. The zero-order valence-electron chi connectivity index (χ0n) is 7.73. The first-order valence-electron chi connectivity index (χ1n) is 5.03. The van der Waals surface area contributed by atoms with E-state index >= 15 is 0 Å². The molecule has 2 rings (SSSR count). The van der Waals surface area contributed by atoms with Gasteiger partial charge in [-0.15, -0.1) is 0 Å². The number of hydrogen-bond donors (Lipinski definition) is 1. The third-order valence-corrected chi connectivity index (χ3v) is 3.58. The molecule has 1 saturated heterocycles. The predicted octanol–water partition coefficient (Wildman–Crippen LogP) is 1.36. The minimum atomic E-state index is 0.0933. The summed E-state index contributed by atoms with van der Waals surface area (Å²) in [6, 6.07) is 0. The van der Waals surface area contributed by atoms with Gasteiger partial charge in [0.2, 0.25) is 0 Å². The van der Waals surface area contributed by atoms with Crippen molar-refractivity contribution >= 4 is 5.78 Å². The van der Waals surface area contributed by atoms with Gasteiger partial charge >= 0.3 is 0 Å². The Kier molecular flexibility index (Phi) is 1.95. The van der Waals surface area contributed by atoms with Crippen LogP contribution in [0.4, 0.5) is 0 Å². The van der Waals surface area contributed by atoms with Crippen LogP contribution < -0.4 is 5.32 Å². The summed E-state index contributed by atoms with van der Waals surface area (Å²) >= 11 is 0. The smallest absolute Gasteiger partial charge is 0.140 e. The van der Waals surface area contributed by atoms with Crippen molar-refractivity contribution in [1.29, 1.82) is 0 Å². The Bertz CT molecular complexity index is 202. The fourth-order valence-corrected chi connectivity index (χ4v) is 2.64. The summed E-state index contributed by atoms with van der Waals surface area (Å²) in [6.45, 7) is 4.12. The first-order chi connectivity index (χ1) is 5.79. The molecule has 0 aromatic rings. The van der Waals surface area contributed by atoms with Crippen molar-refractivity contribution < 1.29 is 4.79 Å². The van der Waals surface area contributed by atoms with Gasteiger partial charge in [0.25, 0.3) is 0 Å². The summed E-state index contributed by atoms with van der Waals surface area (Å²) in [4.78, 5) is 11.8. The molecule has 0 aromatic heterocycles. The highest BCUT2D eigenvalue weighted by molar-refractivity contribution is 5.86. The molecule has 1 heterocycles. The fraction of sp³-hybridized carbons (Fsp3) is 0.900. The summed E-state index contributed by atoms with van der Waals surface area (Å²) < 4.78 is 0. The predicted molar refractivity (Wildman–Crippen MR) is 47.9 cm³/mol. The average molecular weight is 167 g/mol. The van der Waals surface area contributed by atoms with Gasteiger partial charge in [-0.05, 0) is 31.7 Å². The largest absolute Gasteiger partial charge is 0.315 e. The molecule has 0 bridgehead atoms. The van der Waals surface area contributed by atoms with E-state index in [1.807, 2.05) is 0 Å². The summed E-state index contributed by atoms with van der Waals surface area (Å²) in [5, 5.41) is 3.34. The number of carbonyl (C=O) groups is 1. The number of fused-ring (bicyclic) bond motifs is 1. The molecule has 2 unspecified atom stereocenters. The second-order valence-electron chi connectivity index (χ2n) is 4.20. The van der Waals surface area contributed by atoms with Gasteiger partial charge in [-0.3, -0.25) is 4.79 Å². The lowest BCUT2D eigenvalue weighted by atomic mass is 9.59. The molecule has 1 aliphatic carbocycles. The summed E-state index contributed by atoms with van der Waals surface area (Å²) in [5.74, 6) is 1.20. The molecular weight excluding hydrogens is 150 g/mol. The number of rotatable bonds is 3. The van der Waals surface area contributed by atoms with Crippen LogP contribution in [0.3, 0.4) is 0 Å². The maximum atomic E-state index is 11.8. The highest BCUT2D eigenvalue weighted by Crippen LogP contribution is 2.50.